The predicted octanol–water partition coefficient (Wildman–Crippen LogP) is 4.05. The summed E-state index contributed by atoms with van der Waals surface area (Å²) >= 11 is 0. The maximum absolute atomic E-state index is 12.6. The second-order valence-electron chi connectivity index (χ2n) is 6.81. The monoisotopic (exact) mass is 404 g/mol. The highest BCUT2D eigenvalue weighted by molar-refractivity contribution is 7.92. The highest BCUT2D eigenvalue weighted by Gasteiger charge is 2.18. The van der Waals surface area contributed by atoms with E-state index in [-0.39, 0.29) is 22.5 Å². The number of aryl methyl sites for hydroxylation is 2. The van der Waals surface area contributed by atoms with Crippen molar-refractivity contribution < 1.29 is 13.2 Å². The molecule has 0 aliphatic carbocycles. The molecule has 28 heavy (non-hydrogen) atoms. The van der Waals surface area contributed by atoms with E-state index >= 15 is 0 Å². The van der Waals surface area contributed by atoms with Gasteiger partial charge in [0.25, 0.3) is 10.0 Å². The lowest BCUT2D eigenvalue weighted by Gasteiger charge is -2.15. The van der Waals surface area contributed by atoms with E-state index in [9.17, 15) is 13.2 Å². The van der Waals surface area contributed by atoms with E-state index in [1.165, 1.54) is 12.1 Å². The Balaban J connectivity index is 2.09. The number of unbranched alkanes of at least 4 members (excludes halogenated alkanes) is 1. The fourth-order valence-corrected chi connectivity index (χ4v) is 3.89. The van der Waals surface area contributed by atoms with Crippen molar-refractivity contribution in [1.29, 1.82) is 0 Å². The zero-order chi connectivity index (χ0) is 20.7. The van der Waals surface area contributed by atoms with Crippen molar-refractivity contribution in [1.82, 2.24) is 9.97 Å². The maximum Gasteiger partial charge on any atom is 0.263 e. The molecule has 2 rings (SSSR count). The largest absolute Gasteiger partial charge is 0.326 e. The zero-order valence-electron chi connectivity index (χ0n) is 16.8. The van der Waals surface area contributed by atoms with E-state index in [1.807, 2.05) is 6.92 Å². The third kappa shape index (κ3) is 6.02. The fourth-order valence-electron chi connectivity index (χ4n) is 2.90. The first-order valence-electron chi connectivity index (χ1n) is 9.51. The van der Waals surface area contributed by atoms with E-state index < -0.39 is 10.0 Å². The minimum Gasteiger partial charge on any atom is -0.326 e. The summed E-state index contributed by atoms with van der Waals surface area (Å²) in [5.74, 6) is 0.652. The number of nitrogens with one attached hydrogen (secondary N) is 2. The second kappa shape index (κ2) is 9.64. The first-order chi connectivity index (χ1) is 13.2. The highest BCUT2D eigenvalue weighted by Crippen LogP contribution is 2.20. The standard InChI is InChI=1S/C20H28N4O3S/c1-5-7-8-16(6-2)20(25)23-17-9-11-18(12-10-17)28(26,27)24-19-13-14(3)21-15(4)22-19/h9-13,16H,5-8H2,1-4H3,(H,23,25)(H,21,22,24). The lowest BCUT2D eigenvalue weighted by molar-refractivity contribution is -0.120. The van der Waals surface area contributed by atoms with Crippen LogP contribution in [0.2, 0.25) is 0 Å². The van der Waals surface area contributed by atoms with Gasteiger partial charge in [0.05, 0.1) is 4.90 Å². The maximum atomic E-state index is 12.6. The molecule has 0 aliphatic rings. The first kappa shape index (κ1) is 21.8. The number of nitrogens with zero attached hydrogens (tertiary/aromatic N) is 2. The molecule has 0 saturated heterocycles. The lowest BCUT2D eigenvalue weighted by atomic mass is 9.98. The molecule has 1 aromatic carbocycles. The molecular weight excluding hydrogens is 376 g/mol. The summed E-state index contributed by atoms with van der Waals surface area (Å²) in [4.78, 5) is 20.7. The Morgan fingerprint density at radius 2 is 1.79 bits per heavy atom. The number of sulfonamides is 1. The zero-order valence-corrected chi connectivity index (χ0v) is 17.6. The van der Waals surface area contributed by atoms with Gasteiger partial charge in [0.2, 0.25) is 5.91 Å². The van der Waals surface area contributed by atoms with Gasteiger partial charge in [0.1, 0.15) is 11.6 Å². The van der Waals surface area contributed by atoms with E-state index in [0.717, 1.165) is 25.7 Å². The molecule has 1 unspecified atom stereocenters. The number of carbonyl (C=O) groups is 1. The number of amides is 1. The molecule has 8 heteroatoms. The third-order valence-corrected chi connectivity index (χ3v) is 5.78. The van der Waals surface area contributed by atoms with Crippen LogP contribution in [0.15, 0.2) is 35.2 Å². The Morgan fingerprint density at radius 3 is 2.36 bits per heavy atom. The second-order valence-corrected chi connectivity index (χ2v) is 8.49. The van der Waals surface area contributed by atoms with E-state index in [0.29, 0.717) is 17.2 Å². The molecule has 1 aromatic heterocycles. The number of hydrogen-bond donors (Lipinski definition) is 2. The van der Waals surface area contributed by atoms with Gasteiger partial charge in [-0.05, 0) is 51.0 Å². The molecular formula is C20H28N4O3S. The van der Waals surface area contributed by atoms with E-state index in [4.69, 9.17) is 0 Å². The SMILES string of the molecule is CCCCC(CC)C(=O)Nc1ccc(S(=O)(=O)Nc2cc(C)nc(C)n2)cc1. The summed E-state index contributed by atoms with van der Waals surface area (Å²) in [5.41, 5.74) is 1.25. The summed E-state index contributed by atoms with van der Waals surface area (Å²) in [6, 6.07) is 7.68. The number of aromatic nitrogens is 2. The normalized spacial score (nSPS) is 12.4. The highest BCUT2D eigenvalue weighted by atomic mass is 32.2. The molecule has 0 spiro atoms. The minimum absolute atomic E-state index is 0.0309. The molecule has 1 heterocycles. The smallest absolute Gasteiger partial charge is 0.263 e. The summed E-state index contributed by atoms with van der Waals surface area (Å²) in [7, 11) is -3.78. The summed E-state index contributed by atoms with van der Waals surface area (Å²) in [6.07, 6.45) is 3.69. The molecule has 7 nitrogen and oxygen atoms in total. The van der Waals surface area contributed by atoms with Crippen LogP contribution in [-0.2, 0) is 14.8 Å². The Bertz CT molecular complexity index is 891. The number of anilines is 2. The first-order valence-corrected chi connectivity index (χ1v) is 11.0. The Labute approximate surface area is 167 Å². The van der Waals surface area contributed by atoms with Gasteiger partial charge in [-0.25, -0.2) is 18.4 Å². The fraction of sp³-hybridized carbons (Fsp3) is 0.450. The van der Waals surface area contributed by atoms with Gasteiger partial charge < -0.3 is 5.32 Å². The van der Waals surface area contributed by atoms with Crippen LogP contribution >= 0.6 is 0 Å². The Morgan fingerprint density at radius 1 is 1.11 bits per heavy atom. The summed E-state index contributed by atoms with van der Waals surface area (Å²) in [5, 5.41) is 2.87. The van der Waals surface area contributed by atoms with Crippen molar-refractivity contribution in [2.24, 2.45) is 5.92 Å². The van der Waals surface area contributed by atoms with Gasteiger partial charge in [0, 0.05) is 23.4 Å². The van der Waals surface area contributed by atoms with E-state index in [2.05, 4.69) is 26.9 Å². The number of hydrogen-bond acceptors (Lipinski definition) is 5. The lowest BCUT2D eigenvalue weighted by Crippen LogP contribution is -2.22. The Hall–Kier alpha value is -2.48. The van der Waals surface area contributed by atoms with Crippen LogP contribution in [0.25, 0.3) is 0 Å². The molecule has 2 aromatic rings. The van der Waals surface area contributed by atoms with Gasteiger partial charge >= 0.3 is 0 Å². The molecule has 0 fully saturated rings. The topological polar surface area (TPSA) is 101 Å². The van der Waals surface area contributed by atoms with Crippen LogP contribution in [0.1, 0.15) is 51.0 Å². The predicted molar refractivity (Wildman–Crippen MR) is 111 cm³/mol. The molecule has 0 saturated carbocycles. The van der Waals surface area contributed by atoms with Gasteiger partial charge in [-0.15, -0.1) is 0 Å². The minimum atomic E-state index is -3.78. The van der Waals surface area contributed by atoms with Gasteiger partial charge in [-0.1, -0.05) is 26.7 Å². The average Bonchev–Trinajstić information content (AvgIpc) is 2.61. The number of benzene rings is 1. The van der Waals surface area contributed by atoms with Crippen LogP contribution in [0.3, 0.4) is 0 Å². The van der Waals surface area contributed by atoms with Crippen molar-refractivity contribution >= 4 is 27.4 Å². The number of carbonyl (C=O) groups excluding carboxylic acids is 1. The van der Waals surface area contributed by atoms with Crippen molar-refractivity contribution in [2.75, 3.05) is 10.0 Å². The summed E-state index contributed by atoms with van der Waals surface area (Å²) < 4.78 is 27.6. The van der Waals surface area contributed by atoms with Crippen LogP contribution in [-0.4, -0.2) is 24.3 Å². The van der Waals surface area contributed by atoms with Crippen LogP contribution in [0, 0.1) is 19.8 Å². The van der Waals surface area contributed by atoms with Gasteiger partial charge in [-0.2, -0.15) is 0 Å². The molecule has 152 valence electrons. The van der Waals surface area contributed by atoms with Crippen LogP contribution in [0.5, 0.6) is 0 Å². The van der Waals surface area contributed by atoms with Gasteiger partial charge in [0.15, 0.2) is 0 Å². The Kier molecular flexibility index (Phi) is 7.51. The van der Waals surface area contributed by atoms with Crippen molar-refractivity contribution in [3.63, 3.8) is 0 Å². The molecule has 1 atom stereocenters. The number of rotatable bonds is 9. The summed E-state index contributed by atoms with van der Waals surface area (Å²) in [6.45, 7) is 7.57. The van der Waals surface area contributed by atoms with Crippen molar-refractivity contribution in [3.8, 4) is 0 Å². The van der Waals surface area contributed by atoms with Crippen molar-refractivity contribution in [3.05, 3.63) is 41.9 Å². The van der Waals surface area contributed by atoms with Crippen LogP contribution < -0.4 is 10.0 Å². The molecule has 0 radical (unpaired) electrons. The molecule has 2 N–H and O–H groups in total. The average molecular weight is 405 g/mol. The molecule has 1 amide bonds. The van der Waals surface area contributed by atoms with Gasteiger partial charge in [-0.3, -0.25) is 9.52 Å². The quantitative estimate of drug-likeness (QED) is 0.656. The van der Waals surface area contributed by atoms with E-state index in [1.54, 1.807) is 32.0 Å². The molecule has 0 aliphatic heterocycles. The third-order valence-electron chi connectivity index (χ3n) is 4.41. The van der Waals surface area contributed by atoms with Crippen molar-refractivity contribution in [2.45, 2.75) is 58.3 Å². The van der Waals surface area contributed by atoms with Crippen LogP contribution in [0.4, 0.5) is 11.5 Å². The molecule has 0 bridgehead atoms.